The Labute approximate surface area is 150 Å². The lowest BCUT2D eigenvalue weighted by Gasteiger charge is -2.33. The van der Waals surface area contributed by atoms with E-state index in [2.05, 4.69) is 30.5 Å². The molecule has 2 aromatic rings. The molecule has 1 unspecified atom stereocenters. The molecule has 2 heteroatoms. The molecule has 1 nitrogen and oxygen atoms in total. The van der Waals surface area contributed by atoms with Crippen LogP contribution in [0, 0.1) is 11.8 Å². The SMILES string of the molecule is CCCC(CCCCc1cccs1)[C@H]1CCc2c([O-])cccc2C1. The van der Waals surface area contributed by atoms with Crippen molar-refractivity contribution < 1.29 is 5.11 Å². The highest BCUT2D eigenvalue weighted by atomic mass is 32.1. The van der Waals surface area contributed by atoms with Gasteiger partial charge in [-0.2, -0.15) is 0 Å². The Balaban J connectivity index is 1.53. The van der Waals surface area contributed by atoms with Crippen molar-refractivity contribution in [3.63, 3.8) is 0 Å². The first-order valence-electron chi connectivity index (χ1n) is 9.58. The molecule has 0 saturated heterocycles. The van der Waals surface area contributed by atoms with Crippen molar-refractivity contribution in [2.75, 3.05) is 0 Å². The van der Waals surface area contributed by atoms with Crippen LogP contribution in [0.3, 0.4) is 0 Å². The van der Waals surface area contributed by atoms with Crippen molar-refractivity contribution in [2.45, 2.75) is 64.7 Å². The predicted molar refractivity (Wildman–Crippen MR) is 102 cm³/mol. The number of benzene rings is 1. The first kappa shape index (κ1) is 17.5. The monoisotopic (exact) mass is 341 g/mol. The molecule has 0 spiro atoms. The second kappa shape index (κ2) is 8.71. The molecule has 1 aromatic heterocycles. The molecule has 0 N–H and O–H groups in total. The molecule has 0 fully saturated rings. The average molecular weight is 342 g/mol. The Bertz CT molecular complexity index is 617. The fourth-order valence-electron chi connectivity index (χ4n) is 4.35. The van der Waals surface area contributed by atoms with Crippen LogP contribution in [0.5, 0.6) is 5.75 Å². The topological polar surface area (TPSA) is 23.1 Å². The molecule has 2 atom stereocenters. The van der Waals surface area contributed by atoms with Crippen LogP contribution in [0.1, 0.15) is 61.5 Å². The number of rotatable bonds is 8. The van der Waals surface area contributed by atoms with E-state index in [1.165, 1.54) is 55.4 Å². The zero-order valence-corrected chi connectivity index (χ0v) is 15.6. The van der Waals surface area contributed by atoms with Gasteiger partial charge in [0.15, 0.2) is 0 Å². The lowest BCUT2D eigenvalue weighted by Crippen LogP contribution is -2.23. The van der Waals surface area contributed by atoms with E-state index in [1.54, 1.807) is 6.07 Å². The van der Waals surface area contributed by atoms with Crippen LogP contribution in [0.15, 0.2) is 35.7 Å². The van der Waals surface area contributed by atoms with Crippen molar-refractivity contribution in [2.24, 2.45) is 11.8 Å². The Morgan fingerprint density at radius 1 is 1.17 bits per heavy atom. The third kappa shape index (κ3) is 4.42. The van der Waals surface area contributed by atoms with E-state index in [9.17, 15) is 5.11 Å². The molecule has 130 valence electrons. The first-order valence-corrected chi connectivity index (χ1v) is 10.5. The van der Waals surface area contributed by atoms with E-state index in [0.29, 0.717) is 0 Å². The molecule has 24 heavy (non-hydrogen) atoms. The molecule has 0 amide bonds. The van der Waals surface area contributed by atoms with E-state index in [0.717, 1.165) is 30.2 Å². The van der Waals surface area contributed by atoms with Crippen LogP contribution in [-0.4, -0.2) is 0 Å². The van der Waals surface area contributed by atoms with Gasteiger partial charge in [-0.1, -0.05) is 62.4 Å². The highest BCUT2D eigenvalue weighted by Gasteiger charge is 2.25. The van der Waals surface area contributed by atoms with Crippen LogP contribution in [0.2, 0.25) is 0 Å². The largest absolute Gasteiger partial charge is 0.872 e. The maximum atomic E-state index is 12.0. The average Bonchev–Trinajstić information content (AvgIpc) is 3.11. The molecule has 1 aromatic carbocycles. The van der Waals surface area contributed by atoms with Crippen LogP contribution in [0.4, 0.5) is 0 Å². The van der Waals surface area contributed by atoms with Gasteiger partial charge in [-0.15, -0.1) is 17.1 Å². The third-order valence-corrected chi connectivity index (χ3v) is 6.57. The summed E-state index contributed by atoms with van der Waals surface area (Å²) in [7, 11) is 0. The van der Waals surface area contributed by atoms with Gasteiger partial charge in [0.25, 0.3) is 0 Å². The second-order valence-electron chi connectivity index (χ2n) is 7.27. The lowest BCUT2D eigenvalue weighted by atomic mass is 9.73. The maximum Gasteiger partial charge on any atom is 0.00452 e. The standard InChI is InChI=1S/C22H30OS/c1-2-7-17(8-3-4-10-20-11-6-15-24-20)18-13-14-21-19(16-18)9-5-12-22(21)23/h5-6,9,11-12,15,17-18,23H,2-4,7-8,10,13-14,16H2,1H3/p-1/t17?,18-/m0/s1. The van der Waals surface area contributed by atoms with Crippen LogP contribution < -0.4 is 5.11 Å². The van der Waals surface area contributed by atoms with Crippen molar-refractivity contribution in [3.8, 4) is 5.75 Å². The molecular formula is C22H29OS-. The van der Waals surface area contributed by atoms with E-state index in [-0.39, 0.29) is 5.75 Å². The van der Waals surface area contributed by atoms with E-state index >= 15 is 0 Å². The van der Waals surface area contributed by atoms with Gasteiger partial charge in [0.05, 0.1) is 0 Å². The Hall–Kier alpha value is -1.28. The molecule has 0 saturated carbocycles. The molecule has 0 radical (unpaired) electrons. The fraction of sp³-hybridized carbons (Fsp3) is 0.545. The smallest absolute Gasteiger partial charge is 0.00452 e. The van der Waals surface area contributed by atoms with Gasteiger partial charge in [-0.05, 0) is 60.9 Å². The predicted octanol–water partition coefficient (Wildman–Crippen LogP) is 5.76. The number of hydrogen-bond donors (Lipinski definition) is 0. The van der Waals surface area contributed by atoms with Crippen LogP contribution >= 0.6 is 11.3 Å². The van der Waals surface area contributed by atoms with E-state index in [1.807, 2.05) is 17.4 Å². The molecule has 1 aliphatic rings. The summed E-state index contributed by atoms with van der Waals surface area (Å²) in [6.45, 7) is 2.31. The van der Waals surface area contributed by atoms with Crippen molar-refractivity contribution in [1.29, 1.82) is 0 Å². The number of hydrogen-bond acceptors (Lipinski definition) is 2. The fourth-order valence-corrected chi connectivity index (χ4v) is 5.10. The number of aryl methyl sites for hydroxylation is 1. The van der Waals surface area contributed by atoms with Gasteiger partial charge in [-0.3, -0.25) is 0 Å². The van der Waals surface area contributed by atoms with Gasteiger partial charge in [0.2, 0.25) is 0 Å². The summed E-state index contributed by atoms with van der Waals surface area (Å²) in [5.41, 5.74) is 2.43. The minimum Gasteiger partial charge on any atom is -0.872 e. The van der Waals surface area contributed by atoms with E-state index < -0.39 is 0 Å². The Kier molecular flexibility index (Phi) is 6.37. The normalized spacial score (nSPS) is 18.3. The summed E-state index contributed by atoms with van der Waals surface area (Å²) in [6.07, 6.45) is 11.2. The molecule has 1 heterocycles. The second-order valence-corrected chi connectivity index (χ2v) is 8.30. The number of thiophene rings is 1. The van der Waals surface area contributed by atoms with Gasteiger partial charge in [0, 0.05) is 4.88 Å². The first-order chi connectivity index (χ1) is 11.8. The molecule has 3 rings (SSSR count). The van der Waals surface area contributed by atoms with Crippen molar-refractivity contribution >= 4 is 11.3 Å². The molecule has 0 bridgehead atoms. The summed E-state index contributed by atoms with van der Waals surface area (Å²) in [5, 5.41) is 14.2. The van der Waals surface area contributed by atoms with Gasteiger partial charge in [0.1, 0.15) is 0 Å². The molecule has 1 aliphatic carbocycles. The highest BCUT2D eigenvalue weighted by molar-refractivity contribution is 7.09. The summed E-state index contributed by atoms with van der Waals surface area (Å²) in [4.78, 5) is 1.52. The Morgan fingerprint density at radius 3 is 2.88 bits per heavy atom. The zero-order chi connectivity index (χ0) is 16.8. The summed E-state index contributed by atoms with van der Waals surface area (Å²) < 4.78 is 0. The lowest BCUT2D eigenvalue weighted by molar-refractivity contribution is -0.269. The van der Waals surface area contributed by atoms with Gasteiger partial charge in [-0.25, -0.2) is 0 Å². The molecular weight excluding hydrogens is 312 g/mol. The van der Waals surface area contributed by atoms with Gasteiger partial charge >= 0.3 is 0 Å². The summed E-state index contributed by atoms with van der Waals surface area (Å²) in [6, 6.07) is 10.3. The van der Waals surface area contributed by atoms with Crippen molar-refractivity contribution in [1.82, 2.24) is 0 Å². The van der Waals surface area contributed by atoms with Crippen molar-refractivity contribution in [3.05, 3.63) is 51.7 Å². The maximum absolute atomic E-state index is 12.0. The van der Waals surface area contributed by atoms with E-state index in [4.69, 9.17) is 0 Å². The Morgan fingerprint density at radius 2 is 2.08 bits per heavy atom. The number of fused-ring (bicyclic) bond motifs is 1. The quantitative estimate of drug-likeness (QED) is 0.560. The van der Waals surface area contributed by atoms with Crippen LogP contribution in [0.25, 0.3) is 0 Å². The molecule has 0 aliphatic heterocycles. The zero-order valence-electron chi connectivity index (χ0n) is 14.8. The van der Waals surface area contributed by atoms with Gasteiger partial charge < -0.3 is 5.11 Å². The number of unbranched alkanes of at least 4 members (excludes halogenated alkanes) is 1. The third-order valence-electron chi connectivity index (χ3n) is 5.63. The summed E-state index contributed by atoms with van der Waals surface area (Å²) in [5.74, 6) is 1.87. The van der Waals surface area contributed by atoms with Crippen LogP contribution in [-0.2, 0) is 19.3 Å². The minimum atomic E-state index is 0.258. The summed E-state index contributed by atoms with van der Waals surface area (Å²) >= 11 is 1.88. The highest BCUT2D eigenvalue weighted by Crippen LogP contribution is 2.37. The minimum absolute atomic E-state index is 0.258.